The van der Waals surface area contributed by atoms with Gasteiger partial charge in [-0.3, -0.25) is 4.79 Å². The number of phenols is 1. The molecular formula is C14H11BrClNO2. The molecule has 0 heterocycles. The molecule has 2 rings (SSSR count). The molecule has 0 atom stereocenters. The van der Waals surface area contributed by atoms with E-state index in [1.165, 1.54) is 11.0 Å². The maximum Gasteiger partial charge on any atom is 0.259 e. The molecule has 0 aliphatic carbocycles. The number of hydrogen-bond donors (Lipinski definition) is 1. The van der Waals surface area contributed by atoms with Crippen molar-refractivity contribution in [3.05, 3.63) is 57.5 Å². The van der Waals surface area contributed by atoms with Gasteiger partial charge in [0.25, 0.3) is 5.91 Å². The van der Waals surface area contributed by atoms with Gasteiger partial charge in [-0.15, -0.1) is 0 Å². The quantitative estimate of drug-likeness (QED) is 0.894. The SMILES string of the molecule is CN(C(=O)c1cc(Br)ccc1Cl)c1cccc(O)c1. The molecule has 0 aliphatic heterocycles. The van der Waals surface area contributed by atoms with E-state index in [2.05, 4.69) is 15.9 Å². The van der Waals surface area contributed by atoms with E-state index < -0.39 is 0 Å². The molecule has 0 saturated heterocycles. The van der Waals surface area contributed by atoms with Gasteiger partial charge in [0.2, 0.25) is 0 Å². The number of rotatable bonds is 2. The van der Waals surface area contributed by atoms with Gasteiger partial charge >= 0.3 is 0 Å². The molecule has 1 N–H and O–H groups in total. The lowest BCUT2D eigenvalue weighted by atomic mass is 10.2. The number of phenolic OH excluding ortho intramolecular Hbond substituents is 1. The van der Waals surface area contributed by atoms with E-state index in [-0.39, 0.29) is 11.7 Å². The van der Waals surface area contributed by atoms with Gasteiger partial charge in [-0.1, -0.05) is 33.6 Å². The summed E-state index contributed by atoms with van der Waals surface area (Å²) in [5.74, 6) is -0.130. The third-order valence-corrected chi connectivity index (χ3v) is 3.50. The summed E-state index contributed by atoms with van der Waals surface area (Å²) in [4.78, 5) is 13.8. The lowest BCUT2D eigenvalue weighted by Crippen LogP contribution is -2.26. The number of anilines is 1. The van der Waals surface area contributed by atoms with Crippen molar-refractivity contribution in [3.8, 4) is 5.75 Å². The van der Waals surface area contributed by atoms with E-state index in [0.717, 1.165) is 4.47 Å². The normalized spacial score (nSPS) is 10.3. The highest BCUT2D eigenvalue weighted by Gasteiger charge is 2.17. The Morgan fingerprint density at radius 2 is 2.00 bits per heavy atom. The summed E-state index contributed by atoms with van der Waals surface area (Å²) in [7, 11) is 1.63. The smallest absolute Gasteiger partial charge is 0.259 e. The van der Waals surface area contributed by atoms with Crippen LogP contribution in [0.1, 0.15) is 10.4 Å². The second-order valence-corrected chi connectivity index (χ2v) is 5.33. The molecule has 3 nitrogen and oxygen atoms in total. The first-order valence-corrected chi connectivity index (χ1v) is 6.68. The molecular weight excluding hydrogens is 330 g/mol. The Balaban J connectivity index is 2.36. The number of nitrogens with zero attached hydrogens (tertiary/aromatic N) is 1. The molecule has 0 saturated carbocycles. The van der Waals surface area contributed by atoms with E-state index >= 15 is 0 Å². The molecule has 0 spiro atoms. The number of carbonyl (C=O) groups excluding carboxylic acids is 1. The summed E-state index contributed by atoms with van der Waals surface area (Å²) in [6.45, 7) is 0. The first kappa shape index (κ1) is 13.9. The minimum Gasteiger partial charge on any atom is -0.508 e. The van der Waals surface area contributed by atoms with Crippen LogP contribution in [0.4, 0.5) is 5.69 Å². The summed E-state index contributed by atoms with van der Waals surface area (Å²) in [5.41, 5.74) is 1.00. The fraction of sp³-hybridized carbons (Fsp3) is 0.0714. The molecule has 98 valence electrons. The van der Waals surface area contributed by atoms with Crippen molar-refractivity contribution in [2.45, 2.75) is 0 Å². The van der Waals surface area contributed by atoms with Gasteiger partial charge in [-0.2, -0.15) is 0 Å². The van der Waals surface area contributed by atoms with Gasteiger partial charge in [0, 0.05) is 23.3 Å². The third-order valence-electron chi connectivity index (χ3n) is 2.68. The van der Waals surface area contributed by atoms with E-state index in [1.54, 1.807) is 43.4 Å². The van der Waals surface area contributed by atoms with Crippen molar-refractivity contribution < 1.29 is 9.90 Å². The van der Waals surface area contributed by atoms with Crippen LogP contribution in [0.2, 0.25) is 5.02 Å². The number of hydrogen-bond acceptors (Lipinski definition) is 2. The maximum atomic E-state index is 12.4. The highest BCUT2D eigenvalue weighted by Crippen LogP contribution is 2.25. The Bertz CT molecular complexity index is 631. The largest absolute Gasteiger partial charge is 0.508 e. The van der Waals surface area contributed by atoms with Crippen LogP contribution in [0.3, 0.4) is 0 Å². The Kier molecular flexibility index (Phi) is 4.12. The summed E-state index contributed by atoms with van der Waals surface area (Å²) < 4.78 is 0.782. The lowest BCUT2D eigenvalue weighted by Gasteiger charge is -2.18. The van der Waals surface area contributed by atoms with Gasteiger partial charge in [0.1, 0.15) is 5.75 Å². The van der Waals surface area contributed by atoms with Crippen molar-refractivity contribution in [2.24, 2.45) is 0 Å². The fourth-order valence-corrected chi connectivity index (χ4v) is 2.22. The minimum absolute atomic E-state index is 0.109. The van der Waals surface area contributed by atoms with E-state index in [9.17, 15) is 9.90 Å². The summed E-state index contributed by atoms with van der Waals surface area (Å²) in [5, 5.41) is 9.83. The fourth-order valence-electron chi connectivity index (χ4n) is 1.66. The predicted molar refractivity (Wildman–Crippen MR) is 80.0 cm³/mol. The number of halogens is 2. The van der Waals surface area contributed by atoms with Crippen molar-refractivity contribution in [1.29, 1.82) is 0 Å². The Morgan fingerprint density at radius 1 is 1.26 bits per heavy atom. The van der Waals surface area contributed by atoms with Crippen molar-refractivity contribution in [2.75, 3.05) is 11.9 Å². The van der Waals surface area contributed by atoms with Crippen LogP contribution in [0.15, 0.2) is 46.9 Å². The molecule has 1 amide bonds. The standard InChI is InChI=1S/C14H11BrClNO2/c1-17(10-3-2-4-11(18)8-10)14(19)12-7-9(15)5-6-13(12)16/h2-8,18H,1H3. The van der Waals surface area contributed by atoms with Crippen LogP contribution in [0, 0.1) is 0 Å². The molecule has 0 unspecified atom stereocenters. The molecule has 0 aliphatic rings. The van der Waals surface area contributed by atoms with E-state index in [0.29, 0.717) is 16.3 Å². The molecule has 0 aromatic heterocycles. The molecule has 19 heavy (non-hydrogen) atoms. The second kappa shape index (κ2) is 5.63. The Morgan fingerprint density at radius 3 is 2.68 bits per heavy atom. The van der Waals surface area contributed by atoms with Gasteiger partial charge in [-0.05, 0) is 30.3 Å². The zero-order valence-corrected chi connectivity index (χ0v) is 12.4. The molecule has 5 heteroatoms. The molecule has 2 aromatic rings. The van der Waals surface area contributed by atoms with Crippen LogP contribution in [0.25, 0.3) is 0 Å². The zero-order valence-electron chi connectivity index (χ0n) is 10.1. The van der Waals surface area contributed by atoms with Gasteiger partial charge in [-0.25, -0.2) is 0 Å². The number of carbonyl (C=O) groups is 1. The maximum absolute atomic E-state index is 12.4. The Labute approximate surface area is 124 Å². The zero-order chi connectivity index (χ0) is 14.0. The van der Waals surface area contributed by atoms with Crippen molar-refractivity contribution in [1.82, 2.24) is 0 Å². The monoisotopic (exact) mass is 339 g/mol. The highest BCUT2D eigenvalue weighted by atomic mass is 79.9. The van der Waals surface area contributed by atoms with E-state index in [1.807, 2.05) is 0 Å². The first-order valence-electron chi connectivity index (χ1n) is 5.51. The third kappa shape index (κ3) is 3.08. The highest BCUT2D eigenvalue weighted by molar-refractivity contribution is 9.10. The number of benzene rings is 2. The number of aromatic hydroxyl groups is 1. The summed E-state index contributed by atoms with van der Waals surface area (Å²) >= 11 is 9.35. The van der Waals surface area contributed by atoms with Crippen LogP contribution in [-0.4, -0.2) is 18.1 Å². The van der Waals surface area contributed by atoms with Crippen LogP contribution >= 0.6 is 27.5 Å². The van der Waals surface area contributed by atoms with Gasteiger partial charge in [0.15, 0.2) is 0 Å². The van der Waals surface area contributed by atoms with Crippen LogP contribution in [-0.2, 0) is 0 Å². The molecule has 0 bridgehead atoms. The second-order valence-electron chi connectivity index (χ2n) is 4.01. The van der Waals surface area contributed by atoms with Crippen molar-refractivity contribution >= 4 is 39.1 Å². The lowest BCUT2D eigenvalue weighted by molar-refractivity contribution is 0.0993. The molecule has 0 fully saturated rings. The van der Waals surface area contributed by atoms with Crippen molar-refractivity contribution in [3.63, 3.8) is 0 Å². The average molecular weight is 341 g/mol. The molecule has 0 radical (unpaired) electrons. The van der Waals surface area contributed by atoms with E-state index in [4.69, 9.17) is 11.6 Å². The van der Waals surface area contributed by atoms with Crippen LogP contribution < -0.4 is 4.90 Å². The van der Waals surface area contributed by atoms with Gasteiger partial charge < -0.3 is 10.0 Å². The van der Waals surface area contributed by atoms with Crippen LogP contribution in [0.5, 0.6) is 5.75 Å². The first-order chi connectivity index (χ1) is 8.99. The summed E-state index contributed by atoms with van der Waals surface area (Å²) in [6, 6.07) is 11.6. The topological polar surface area (TPSA) is 40.5 Å². The molecule has 2 aromatic carbocycles. The summed E-state index contributed by atoms with van der Waals surface area (Å²) in [6.07, 6.45) is 0. The Hall–Kier alpha value is -1.52. The minimum atomic E-state index is -0.239. The van der Waals surface area contributed by atoms with Gasteiger partial charge in [0.05, 0.1) is 10.6 Å². The number of amides is 1. The predicted octanol–water partition coefficient (Wildman–Crippen LogP) is 4.08. The average Bonchev–Trinajstić information content (AvgIpc) is 2.40.